The Balaban J connectivity index is 2.63. The van der Waals surface area contributed by atoms with Gasteiger partial charge in [0, 0.05) is 13.1 Å². The van der Waals surface area contributed by atoms with Gasteiger partial charge in [-0.15, -0.1) is 0 Å². The molecule has 1 N–H and O–H groups in total. The number of carboxylic acid groups (broad SMARTS) is 1. The van der Waals surface area contributed by atoms with Crippen LogP contribution in [0.5, 0.6) is 0 Å². The summed E-state index contributed by atoms with van der Waals surface area (Å²) in [6.45, 7) is 7.63. The van der Waals surface area contributed by atoms with Crippen LogP contribution in [-0.2, 0) is 11.3 Å². The minimum atomic E-state index is -0.853. The summed E-state index contributed by atoms with van der Waals surface area (Å²) in [5.74, 6) is -0.124. The third-order valence-corrected chi connectivity index (χ3v) is 3.22. The number of carboxylic acids is 1. The van der Waals surface area contributed by atoms with E-state index in [1.165, 1.54) is 0 Å². The molecule has 2 rings (SSSR count). The second-order valence-corrected chi connectivity index (χ2v) is 4.56. The fourth-order valence-corrected chi connectivity index (χ4v) is 2.27. The van der Waals surface area contributed by atoms with E-state index in [0.717, 1.165) is 35.6 Å². The first-order valence-corrected chi connectivity index (χ1v) is 6.50. The van der Waals surface area contributed by atoms with Crippen LogP contribution in [0.2, 0.25) is 0 Å². The summed E-state index contributed by atoms with van der Waals surface area (Å²) >= 11 is 0. The number of imidazole rings is 1. The maximum atomic E-state index is 11.1. The van der Waals surface area contributed by atoms with Gasteiger partial charge < -0.3 is 10.0 Å². The monoisotopic (exact) mass is 261 g/mol. The summed E-state index contributed by atoms with van der Waals surface area (Å²) in [4.78, 5) is 17.7. The van der Waals surface area contributed by atoms with Gasteiger partial charge in [0.05, 0.1) is 11.0 Å². The number of hydrogen-bond acceptors (Lipinski definition) is 3. The van der Waals surface area contributed by atoms with Crippen molar-refractivity contribution >= 4 is 23.0 Å². The van der Waals surface area contributed by atoms with Crippen molar-refractivity contribution in [3.8, 4) is 0 Å². The SMILES string of the molecule is CCN(CC)c1nc2cc(C)ccc2n1CC(=O)O. The van der Waals surface area contributed by atoms with Gasteiger partial charge in [-0.2, -0.15) is 0 Å². The second kappa shape index (κ2) is 5.30. The van der Waals surface area contributed by atoms with Crippen LogP contribution in [0.25, 0.3) is 11.0 Å². The number of nitrogens with zero attached hydrogens (tertiary/aromatic N) is 3. The van der Waals surface area contributed by atoms with E-state index in [2.05, 4.69) is 9.88 Å². The van der Waals surface area contributed by atoms with Gasteiger partial charge in [0.1, 0.15) is 6.54 Å². The van der Waals surface area contributed by atoms with E-state index in [1.807, 2.05) is 39.0 Å². The van der Waals surface area contributed by atoms with Gasteiger partial charge in [0.15, 0.2) is 0 Å². The Bertz CT molecular complexity index is 600. The molecule has 0 saturated carbocycles. The molecule has 5 heteroatoms. The van der Waals surface area contributed by atoms with Crippen molar-refractivity contribution in [2.45, 2.75) is 27.3 Å². The molecule has 1 heterocycles. The molecule has 1 aromatic heterocycles. The van der Waals surface area contributed by atoms with Crippen molar-refractivity contribution < 1.29 is 9.90 Å². The van der Waals surface area contributed by atoms with Gasteiger partial charge in [-0.25, -0.2) is 4.98 Å². The number of anilines is 1. The van der Waals surface area contributed by atoms with Crippen LogP contribution in [0.1, 0.15) is 19.4 Å². The molecule has 0 radical (unpaired) electrons. The van der Waals surface area contributed by atoms with Crippen molar-refractivity contribution in [2.24, 2.45) is 0 Å². The topological polar surface area (TPSA) is 58.4 Å². The summed E-state index contributed by atoms with van der Waals surface area (Å²) in [6.07, 6.45) is 0. The Morgan fingerprint density at radius 1 is 1.37 bits per heavy atom. The van der Waals surface area contributed by atoms with E-state index in [-0.39, 0.29) is 6.54 Å². The highest BCUT2D eigenvalue weighted by molar-refractivity contribution is 5.81. The van der Waals surface area contributed by atoms with E-state index < -0.39 is 5.97 Å². The number of fused-ring (bicyclic) bond motifs is 1. The van der Waals surface area contributed by atoms with E-state index in [1.54, 1.807) is 4.57 Å². The molecule has 0 spiro atoms. The molecule has 0 bridgehead atoms. The number of aryl methyl sites for hydroxylation is 1. The molecule has 0 fully saturated rings. The van der Waals surface area contributed by atoms with E-state index in [4.69, 9.17) is 5.11 Å². The summed E-state index contributed by atoms with van der Waals surface area (Å²) in [7, 11) is 0. The number of hydrogen-bond donors (Lipinski definition) is 1. The van der Waals surface area contributed by atoms with Crippen molar-refractivity contribution in [3.05, 3.63) is 23.8 Å². The largest absolute Gasteiger partial charge is 0.480 e. The van der Waals surface area contributed by atoms with E-state index in [9.17, 15) is 4.79 Å². The Kier molecular flexibility index (Phi) is 3.74. The molecule has 102 valence electrons. The van der Waals surface area contributed by atoms with Crippen LogP contribution < -0.4 is 4.90 Å². The number of benzene rings is 1. The average molecular weight is 261 g/mol. The van der Waals surface area contributed by atoms with Crippen LogP contribution >= 0.6 is 0 Å². The molecule has 5 nitrogen and oxygen atoms in total. The van der Waals surface area contributed by atoms with Crippen molar-refractivity contribution in [3.63, 3.8) is 0 Å². The van der Waals surface area contributed by atoms with Crippen molar-refractivity contribution in [1.29, 1.82) is 0 Å². The van der Waals surface area contributed by atoms with Gasteiger partial charge in [-0.1, -0.05) is 6.07 Å². The normalized spacial score (nSPS) is 10.9. The van der Waals surface area contributed by atoms with Crippen LogP contribution in [0.3, 0.4) is 0 Å². The summed E-state index contributed by atoms with van der Waals surface area (Å²) in [6, 6.07) is 5.91. The maximum Gasteiger partial charge on any atom is 0.323 e. The fraction of sp³-hybridized carbons (Fsp3) is 0.429. The summed E-state index contributed by atoms with van der Waals surface area (Å²) in [5.41, 5.74) is 2.84. The molecule has 0 saturated heterocycles. The standard InChI is InChI=1S/C14H19N3O2/c1-4-16(5-2)14-15-11-8-10(3)6-7-12(11)17(14)9-13(18)19/h6-8H,4-5,9H2,1-3H3,(H,18,19). The Morgan fingerprint density at radius 2 is 2.05 bits per heavy atom. The van der Waals surface area contributed by atoms with Gasteiger partial charge >= 0.3 is 5.97 Å². The molecular weight excluding hydrogens is 242 g/mol. The number of aliphatic carboxylic acids is 1. The zero-order chi connectivity index (χ0) is 14.0. The minimum Gasteiger partial charge on any atom is -0.480 e. The van der Waals surface area contributed by atoms with Gasteiger partial charge in [0.25, 0.3) is 0 Å². The van der Waals surface area contributed by atoms with E-state index >= 15 is 0 Å². The maximum absolute atomic E-state index is 11.1. The number of aromatic nitrogens is 2. The molecule has 0 amide bonds. The third-order valence-electron chi connectivity index (χ3n) is 3.22. The van der Waals surface area contributed by atoms with Gasteiger partial charge in [-0.3, -0.25) is 9.36 Å². The molecule has 0 unspecified atom stereocenters. The van der Waals surface area contributed by atoms with Crippen LogP contribution in [0.4, 0.5) is 5.95 Å². The predicted octanol–water partition coefficient (Wildman–Crippen LogP) is 2.28. The smallest absolute Gasteiger partial charge is 0.323 e. The molecule has 0 aliphatic heterocycles. The first-order chi connectivity index (χ1) is 9.06. The first kappa shape index (κ1) is 13.4. The quantitative estimate of drug-likeness (QED) is 0.897. The summed E-state index contributed by atoms with van der Waals surface area (Å²) < 4.78 is 1.77. The van der Waals surface area contributed by atoms with Gasteiger partial charge in [0.2, 0.25) is 5.95 Å². The Morgan fingerprint density at radius 3 is 2.63 bits per heavy atom. The molecule has 0 atom stereocenters. The van der Waals surface area contributed by atoms with Crippen molar-refractivity contribution in [2.75, 3.05) is 18.0 Å². The van der Waals surface area contributed by atoms with Crippen molar-refractivity contribution in [1.82, 2.24) is 9.55 Å². The van der Waals surface area contributed by atoms with Gasteiger partial charge in [-0.05, 0) is 38.5 Å². The minimum absolute atomic E-state index is 0.0641. The third kappa shape index (κ3) is 2.54. The second-order valence-electron chi connectivity index (χ2n) is 4.56. The molecule has 2 aromatic rings. The zero-order valence-electron chi connectivity index (χ0n) is 11.6. The lowest BCUT2D eigenvalue weighted by atomic mass is 10.2. The zero-order valence-corrected chi connectivity index (χ0v) is 11.6. The predicted molar refractivity (Wildman–Crippen MR) is 75.7 cm³/mol. The number of carbonyl (C=O) groups is 1. The lowest BCUT2D eigenvalue weighted by molar-refractivity contribution is -0.137. The Labute approximate surface area is 112 Å². The highest BCUT2D eigenvalue weighted by Crippen LogP contribution is 2.23. The molecule has 19 heavy (non-hydrogen) atoms. The molecule has 1 aromatic carbocycles. The Hall–Kier alpha value is -2.04. The molecule has 0 aliphatic rings. The van der Waals surface area contributed by atoms with Crippen LogP contribution in [-0.4, -0.2) is 33.7 Å². The van der Waals surface area contributed by atoms with Crippen LogP contribution in [0.15, 0.2) is 18.2 Å². The molecular formula is C14H19N3O2. The number of rotatable bonds is 5. The van der Waals surface area contributed by atoms with Crippen LogP contribution in [0, 0.1) is 6.92 Å². The summed E-state index contributed by atoms with van der Waals surface area (Å²) in [5, 5.41) is 9.08. The molecule has 0 aliphatic carbocycles. The highest BCUT2D eigenvalue weighted by Gasteiger charge is 2.16. The average Bonchev–Trinajstić information content (AvgIpc) is 2.68. The lowest BCUT2D eigenvalue weighted by Crippen LogP contribution is -2.26. The lowest BCUT2D eigenvalue weighted by Gasteiger charge is -2.20. The fourth-order valence-electron chi connectivity index (χ4n) is 2.27. The highest BCUT2D eigenvalue weighted by atomic mass is 16.4. The van der Waals surface area contributed by atoms with E-state index in [0.29, 0.717) is 0 Å². The first-order valence-electron chi connectivity index (χ1n) is 6.50.